The van der Waals surface area contributed by atoms with Gasteiger partial charge in [0.2, 0.25) is 0 Å². The molecule has 14 heavy (non-hydrogen) atoms. The number of hydrogen-bond acceptors (Lipinski definition) is 0. The molecule has 3 aliphatic rings. The fourth-order valence-corrected chi connectivity index (χ4v) is 4.86. The Labute approximate surface area is 88.5 Å². The van der Waals surface area contributed by atoms with Crippen molar-refractivity contribution in [3.05, 3.63) is 0 Å². The zero-order valence-electron chi connectivity index (χ0n) is 9.76. The van der Waals surface area contributed by atoms with Crippen LogP contribution in [0.4, 0.5) is 0 Å². The average Bonchev–Trinajstić information content (AvgIpc) is 2.72. The second-order valence-corrected chi connectivity index (χ2v) is 6.64. The molecule has 80 valence electrons. The van der Waals surface area contributed by atoms with E-state index >= 15 is 0 Å². The van der Waals surface area contributed by atoms with Crippen LogP contribution in [-0.2, 0) is 0 Å². The van der Waals surface area contributed by atoms with Gasteiger partial charge >= 0.3 is 0 Å². The van der Waals surface area contributed by atoms with Crippen LogP contribution in [0.1, 0.15) is 58.8 Å². The number of rotatable bonds is 0. The Hall–Kier alpha value is 0. The quantitative estimate of drug-likeness (QED) is 0.538. The molecule has 0 aliphatic heterocycles. The predicted octanol–water partition coefficient (Wildman–Crippen LogP) is 4.25. The minimum atomic E-state index is 0.842. The predicted molar refractivity (Wildman–Crippen MR) is 60.1 cm³/mol. The zero-order valence-corrected chi connectivity index (χ0v) is 9.76. The summed E-state index contributed by atoms with van der Waals surface area (Å²) in [5.41, 5.74) is 0.842. The van der Waals surface area contributed by atoms with Crippen molar-refractivity contribution in [3.63, 3.8) is 0 Å². The maximum absolute atomic E-state index is 2.50. The van der Waals surface area contributed by atoms with Gasteiger partial charge in [-0.1, -0.05) is 20.3 Å². The van der Waals surface area contributed by atoms with Gasteiger partial charge < -0.3 is 0 Å². The van der Waals surface area contributed by atoms with Gasteiger partial charge in [-0.25, -0.2) is 0 Å². The van der Waals surface area contributed by atoms with Gasteiger partial charge in [-0.3, -0.25) is 0 Å². The maximum Gasteiger partial charge on any atom is -0.0264 e. The second-order valence-electron chi connectivity index (χ2n) is 6.64. The Bertz CT molecular complexity index is 232. The minimum Gasteiger partial charge on any atom is -0.0623 e. The van der Waals surface area contributed by atoms with Gasteiger partial charge in [-0.15, -0.1) is 0 Å². The van der Waals surface area contributed by atoms with Crippen LogP contribution in [0, 0.1) is 29.1 Å². The fraction of sp³-hybridized carbons (Fsp3) is 1.00. The third kappa shape index (κ3) is 1.19. The van der Waals surface area contributed by atoms with Crippen molar-refractivity contribution in [2.45, 2.75) is 58.8 Å². The molecule has 0 amide bonds. The summed E-state index contributed by atoms with van der Waals surface area (Å²) in [6.45, 7) is 4.96. The molecule has 5 unspecified atom stereocenters. The van der Waals surface area contributed by atoms with E-state index in [2.05, 4.69) is 13.8 Å². The molecule has 0 radical (unpaired) electrons. The van der Waals surface area contributed by atoms with Gasteiger partial charge in [-0.05, 0) is 67.6 Å². The van der Waals surface area contributed by atoms with Gasteiger partial charge in [0, 0.05) is 0 Å². The van der Waals surface area contributed by atoms with Crippen molar-refractivity contribution in [3.8, 4) is 0 Å². The molecule has 0 aromatic rings. The van der Waals surface area contributed by atoms with E-state index in [0.29, 0.717) is 0 Å². The summed E-state index contributed by atoms with van der Waals surface area (Å²) in [4.78, 5) is 0. The molecule has 0 saturated heterocycles. The van der Waals surface area contributed by atoms with Crippen molar-refractivity contribution in [2.24, 2.45) is 29.1 Å². The van der Waals surface area contributed by atoms with Crippen LogP contribution in [0.15, 0.2) is 0 Å². The summed E-state index contributed by atoms with van der Waals surface area (Å²) in [5.74, 6) is 4.28. The molecule has 3 rings (SSSR count). The molecule has 2 bridgehead atoms. The van der Waals surface area contributed by atoms with Crippen LogP contribution < -0.4 is 0 Å². The molecular formula is C14H24. The van der Waals surface area contributed by atoms with E-state index in [1.807, 2.05) is 0 Å². The lowest BCUT2D eigenvalue weighted by Gasteiger charge is -2.46. The van der Waals surface area contributed by atoms with Crippen LogP contribution in [0.5, 0.6) is 0 Å². The second kappa shape index (κ2) is 3.00. The fourth-order valence-electron chi connectivity index (χ4n) is 4.86. The van der Waals surface area contributed by atoms with Crippen LogP contribution in [-0.4, -0.2) is 0 Å². The molecule has 3 saturated carbocycles. The molecule has 0 aromatic heterocycles. The first-order valence-electron chi connectivity index (χ1n) is 6.70. The number of fused-ring (bicyclic) bond motifs is 3. The van der Waals surface area contributed by atoms with E-state index in [4.69, 9.17) is 0 Å². The number of hydrogen-bond donors (Lipinski definition) is 0. The zero-order chi connectivity index (χ0) is 9.76. The van der Waals surface area contributed by atoms with E-state index in [9.17, 15) is 0 Å². The monoisotopic (exact) mass is 192 g/mol. The van der Waals surface area contributed by atoms with Gasteiger partial charge in [0.05, 0.1) is 0 Å². The first-order valence-corrected chi connectivity index (χ1v) is 6.70. The van der Waals surface area contributed by atoms with E-state index in [1.54, 1.807) is 38.5 Å². The lowest BCUT2D eigenvalue weighted by atomic mass is 9.59. The summed E-state index contributed by atoms with van der Waals surface area (Å²) >= 11 is 0. The van der Waals surface area contributed by atoms with Crippen LogP contribution in [0.3, 0.4) is 0 Å². The Kier molecular flexibility index (Phi) is 1.98. The smallest absolute Gasteiger partial charge is 0.0264 e. The summed E-state index contributed by atoms with van der Waals surface area (Å²) in [7, 11) is 0. The molecule has 3 fully saturated rings. The average molecular weight is 192 g/mol. The molecule has 3 aliphatic carbocycles. The van der Waals surface area contributed by atoms with Crippen LogP contribution in [0.2, 0.25) is 0 Å². The molecule has 0 N–H and O–H groups in total. The Morgan fingerprint density at radius 2 is 1.79 bits per heavy atom. The highest BCUT2D eigenvalue weighted by atomic mass is 14.6. The van der Waals surface area contributed by atoms with E-state index < -0.39 is 0 Å². The molecular weight excluding hydrogens is 168 g/mol. The summed E-state index contributed by atoms with van der Waals surface area (Å²) in [6.07, 6.45) is 11.0. The van der Waals surface area contributed by atoms with Gasteiger partial charge in [0.25, 0.3) is 0 Å². The maximum atomic E-state index is 2.50. The Balaban J connectivity index is 1.78. The van der Waals surface area contributed by atoms with Gasteiger partial charge in [-0.2, -0.15) is 0 Å². The first kappa shape index (κ1) is 9.24. The third-order valence-electron chi connectivity index (χ3n) is 5.90. The third-order valence-corrected chi connectivity index (χ3v) is 5.90. The SMILES string of the molecule is CC1CCC2(CC3CCC2C3)CC1C. The van der Waals surface area contributed by atoms with Crippen molar-refractivity contribution in [1.82, 2.24) is 0 Å². The van der Waals surface area contributed by atoms with E-state index in [0.717, 1.165) is 29.1 Å². The van der Waals surface area contributed by atoms with Crippen molar-refractivity contribution in [2.75, 3.05) is 0 Å². The normalized spacial score (nSPS) is 57.0. The van der Waals surface area contributed by atoms with Gasteiger partial charge in [0.1, 0.15) is 0 Å². The first-order chi connectivity index (χ1) is 6.70. The minimum absolute atomic E-state index is 0.842. The molecule has 1 spiro atoms. The highest BCUT2D eigenvalue weighted by Gasteiger charge is 2.52. The summed E-state index contributed by atoms with van der Waals surface area (Å²) < 4.78 is 0. The lowest BCUT2D eigenvalue weighted by Crippen LogP contribution is -2.35. The highest BCUT2D eigenvalue weighted by Crippen LogP contribution is 2.63. The van der Waals surface area contributed by atoms with Crippen LogP contribution in [0.25, 0.3) is 0 Å². The highest BCUT2D eigenvalue weighted by molar-refractivity contribution is 5.02. The lowest BCUT2D eigenvalue weighted by molar-refractivity contribution is 0.0469. The Morgan fingerprint density at radius 1 is 0.929 bits per heavy atom. The van der Waals surface area contributed by atoms with Crippen molar-refractivity contribution >= 4 is 0 Å². The summed E-state index contributed by atoms with van der Waals surface area (Å²) in [6, 6.07) is 0. The Morgan fingerprint density at radius 3 is 2.36 bits per heavy atom. The summed E-state index contributed by atoms with van der Waals surface area (Å²) in [5, 5.41) is 0. The van der Waals surface area contributed by atoms with Crippen molar-refractivity contribution in [1.29, 1.82) is 0 Å². The molecule has 0 aromatic carbocycles. The van der Waals surface area contributed by atoms with Crippen molar-refractivity contribution < 1.29 is 0 Å². The van der Waals surface area contributed by atoms with E-state index in [-0.39, 0.29) is 0 Å². The molecule has 5 atom stereocenters. The standard InChI is InChI=1S/C14H24/c1-10-5-6-14(8-11(10)2)9-12-3-4-13(14)7-12/h10-13H,3-9H2,1-2H3. The largest absolute Gasteiger partial charge is 0.0623 e. The van der Waals surface area contributed by atoms with Crippen LogP contribution >= 0.6 is 0 Å². The molecule has 0 heteroatoms. The molecule has 0 nitrogen and oxygen atoms in total. The topological polar surface area (TPSA) is 0 Å². The van der Waals surface area contributed by atoms with Gasteiger partial charge in [0.15, 0.2) is 0 Å². The van der Waals surface area contributed by atoms with E-state index in [1.165, 1.54) is 6.42 Å². The molecule has 0 heterocycles.